The van der Waals surface area contributed by atoms with Crippen LogP contribution in [0.1, 0.15) is 11.1 Å². The van der Waals surface area contributed by atoms with Crippen molar-refractivity contribution in [1.29, 1.82) is 5.26 Å². The van der Waals surface area contributed by atoms with E-state index in [4.69, 9.17) is 10.00 Å². The van der Waals surface area contributed by atoms with Gasteiger partial charge in [-0.2, -0.15) is 5.26 Å². The van der Waals surface area contributed by atoms with E-state index in [0.717, 1.165) is 5.56 Å². The predicted molar refractivity (Wildman–Crippen MR) is 61.9 cm³/mol. The first-order valence-electron chi connectivity index (χ1n) is 5.15. The highest BCUT2D eigenvalue weighted by atomic mass is 19.1. The number of ether oxygens (including phenoxy) is 1. The zero-order valence-electron chi connectivity index (χ0n) is 9.06. The molecule has 2 aromatic rings. The van der Waals surface area contributed by atoms with Gasteiger partial charge in [-0.3, -0.25) is 0 Å². The molecule has 0 saturated heterocycles. The molecule has 84 valence electrons. The number of hydrogen-bond acceptors (Lipinski definition) is 2. The molecule has 0 fully saturated rings. The minimum Gasteiger partial charge on any atom is -0.489 e. The van der Waals surface area contributed by atoms with Crippen LogP contribution < -0.4 is 4.74 Å². The van der Waals surface area contributed by atoms with E-state index in [0.29, 0.717) is 17.9 Å². The Bertz CT molecular complexity index is 526. The molecule has 0 spiro atoms. The van der Waals surface area contributed by atoms with E-state index in [9.17, 15) is 4.39 Å². The minimum atomic E-state index is -0.282. The fraction of sp³-hybridized carbons (Fsp3) is 0.0714. The highest BCUT2D eigenvalue weighted by Gasteiger charge is 1.97. The Hall–Kier alpha value is -2.34. The van der Waals surface area contributed by atoms with Crippen molar-refractivity contribution < 1.29 is 9.13 Å². The lowest BCUT2D eigenvalue weighted by Crippen LogP contribution is -1.95. The summed E-state index contributed by atoms with van der Waals surface area (Å²) in [6.45, 7) is 0.400. The summed E-state index contributed by atoms with van der Waals surface area (Å²) in [5.41, 5.74) is 1.59. The number of hydrogen-bond donors (Lipinski definition) is 0. The minimum absolute atomic E-state index is 0.282. The normalized spacial score (nSPS) is 9.65. The summed E-state index contributed by atoms with van der Waals surface area (Å²) in [7, 11) is 0. The van der Waals surface area contributed by atoms with Gasteiger partial charge in [-0.25, -0.2) is 4.39 Å². The first kappa shape index (κ1) is 11.2. The van der Waals surface area contributed by atoms with Crippen molar-refractivity contribution in [3.05, 3.63) is 65.5 Å². The van der Waals surface area contributed by atoms with Gasteiger partial charge in [0.2, 0.25) is 0 Å². The highest BCUT2D eigenvalue weighted by molar-refractivity contribution is 5.31. The molecule has 0 aliphatic rings. The summed E-state index contributed by atoms with van der Waals surface area (Å²) in [5, 5.41) is 8.65. The standard InChI is InChI=1S/C14H10FNO/c15-13-5-7-14(8-6-13)17-10-12-3-1-11(9-16)2-4-12/h1-8H,10H2. The van der Waals surface area contributed by atoms with Gasteiger partial charge in [0.05, 0.1) is 11.6 Å². The molecule has 0 saturated carbocycles. The van der Waals surface area contributed by atoms with Crippen LogP contribution in [0.4, 0.5) is 4.39 Å². The average Bonchev–Trinajstić information content (AvgIpc) is 2.39. The average molecular weight is 227 g/mol. The Morgan fingerprint density at radius 3 is 2.24 bits per heavy atom. The van der Waals surface area contributed by atoms with Crippen LogP contribution in [0.2, 0.25) is 0 Å². The molecule has 0 heterocycles. The summed E-state index contributed by atoms with van der Waals surface area (Å²) in [5.74, 6) is 0.339. The molecule has 0 radical (unpaired) electrons. The first-order valence-corrected chi connectivity index (χ1v) is 5.15. The molecule has 0 N–H and O–H groups in total. The predicted octanol–water partition coefficient (Wildman–Crippen LogP) is 3.28. The van der Waals surface area contributed by atoms with Crippen molar-refractivity contribution in [2.24, 2.45) is 0 Å². The largest absolute Gasteiger partial charge is 0.489 e. The molecule has 2 aromatic carbocycles. The Morgan fingerprint density at radius 1 is 1.00 bits per heavy atom. The maximum Gasteiger partial charge on any atom is 0.123 e. The quantitative estimate of drug-likeness (QED) is 0.806. The third kappa shape index (κ3) is 3.05. The summed E-state index contributed by atoms with van der Waals surface area (Å²) >= 11 is 0. The highest BCUT2D eigenvalue weighted by Crippen LogP contribution is 2.13. The van der Waals surface area contributed by atoms with E-state index in [-0.39, 0.29) is 5.82 Å². The van der Waals surface area contributed by atoms with Crippen LogP contribution in [0.15, 0.2) is 48.5 Å². The monoisotopic (exact) mass is 227 g/mol. The lowest BCUT2D eigenvalue weighted by atomic mass is 10.2. The SMILES string of the molecule is N#Cc1ccc(COc2ccc(F)cc2)cc1. The molecule has 17 heavy (non-hydrogen) atoms. The second kappa shape index (κ2) is 5.13. The molecule has 0 atom stereocenters. The van der Waals surface area contributed by atoms with E-state index in [1.165, 1.54) is 12.1 Å². The van der Waals surface area contributed by atoms with Crippen LogP contribution >= 0.6 is 0 Å². The molecule has 0 aromatic heterocycles. The first-order chi connectivity index (χ1) is 8.28. The molecule has 0 unspecified atom stereocenters. The van der Waals surface area contributed by atoms with Crippen LogP contribution in [-0.2, 0) is 6.61 Å². The van der Waals surface area contributed by atoms with Crippen molar-refractivity contribution in [2.45, 2.75) is 6.61 Å². The van der Waals surface area contributed by atoms with Gasteiger partial charge in [-0.05, 0) is 42.0 Å². The number of benzene rings is 2. The van der Waals surface area contributed by atoms with Gasteiger partial charge in [0.15, 0.2) is 0 Å². The van der Waals surface area contributed by atoms with E-state index in [2.05, 4.69) is 6.07 Å². The molecule has 0 aliphatic carbocycles. The molecule has 0 aliphatic heterocycles. The van der Waals surface area contributed by atoms with Gasteiger partial charge < -0.3 is 4.74 Å². The van der Waals surface area contributed by atoms with Crippen molar-refractivity contribution in [1.82, 2.24) is 0 Å². The van der Waals surface area contributed by atoms with E-state index in [1.807, 2.05) is 12.1 Å². The van der Waals surface area contributed by atoms with Crippen LogP contribution in [0, 0.1) is 17.1 Å². The second-order valence-electron chi connectivity index (χ2n) is 3.55. The number of halogens is 1. The number of nitrogens with zero attached hydrogens (tertiary/aromatic N) is 1. The smallest absolute Gasteiger partial charge is 0.123 e. The molecular formula is C14H10FNO. The fourth-order valence-corrected chi connectivity index (χ4v) is 1.37. The lowest BCUT2D eigenvalue weighted by molar-refractivity contribution is 0.305. The van der Waals surface area contributed by atoms with Crippen molar-refractivity contribution in [2.75, 3.05) is 0 Å². The topological polar surface area (TPSA) is 33.0 Å². The molecule has 0 amide bonds. The summed E-state index contributed by atoms with van der Waals surface area (Å²) in [4.78, 5) is 0. The zero-order chi connectivity index (χ0) is 12.1. The van der Waals surface area contributed by atoms with E-state index >= 15 is 0 Å². The third-order valence-electron chi connectivity index (χ3n) is 2.30. The Morgan fingerprint density at radius 2 is 1.65 bits per heavy atom. The second-order valence-corrected chi connectivity index (χ2v) is 3.55. The van der Waals surface area contributed by atoms with Crippen molar-refractivity contribution in [3.63, 3.8) is 0 Å². The van der Waals surface area contributed by atoms with Gasteiger partial charge >= 0.3 is 0 Å². The molecule has 2 rings (SSSR count). The maximum atomic E-state index is 12.6. The molecular weight excluding hydrogens is 217 g/mol. The zero-order valence-corrected chi connectivity index (χ0v) is 9.06. The van der Waals surface area contributed by atoms with E-state index in [1.54, 1.807) is 24.3 Å². The third-order valence-corrected chi connectivity index (χ3v) is 2.30. The molecule has 0 bridgehead atoms. The number of nitriles is 1. The Labute approximate surface area is 98.9 Å². The van der Waals surface area contributed by atoms with E-state index < -0.39 is 0 Å². The van der Waals surface area contributed by atoms with Crippen LogP contribution in [0.25, 0.3) is 0 Å². The van der Waals surface area contributed by atoms with Gasteiger partial charge in [0, 0.05) is 0 Å². The Balaban J connectivity index is 1.98. The van der Waals surface area contributed by atoms with Crippen LogP contribution in [-0.4, -0.2) is 0 Å². The van der Waals surface area contributed by atoms with Crippen molar-refractivity contribution in [3.8, 4) is 11.8 Å². The number of rotatable bonds is 3. The van der Waals surface area contributed by atoms with Gasteiger partial charge in [-0.1, -0.05) is 12.1 Å². The van der Waals surface area contributed by atoms with Gasteiger partial charge in [-0.15, -0.1) is 0 Å². The van der Waals surface area contributed by atoms with Crippen molar-refractivity contribution >= 4 is 0 Å². The summed E-state index contributed by atoms with van der Waals surface area (Å²) in [6, 6.07) is 15.1. The summed E-state index contributed by atoms with van der Waals surface area (Å²) in [6.07, 6.45) is 0. The fourth-order valence-electron chi connectivity index (χ4n) is 1.37. The lowest BCUT2D eigenvalue weighted by Gasteiger charge is -2.05. The van der Waals surface area contributed by atoms with Gasteiger partial charge in [0.1, 0.15) is 18.2 Å². The van der Waals surface area contributed by atoms with Crippen LogP contribution in [0.3, 0.4) is 0 Å². The van der Waals surface area contributed by atoms with Crippen LogP contribution in [0.5, 0.6) is 5.75 Å². The molecule has 3 heteroatoms. The molecule has 2 nitrogen and oxygen atoms in total. The van der Waals surface area contributed by atoms with Gasteiger partial charge in [0.25, 0.3) is 0 Å². The summed E-state index contributed by atoms with van der Waals surface area (Å²) < 4.78 is 18.1. The Kier molecular flexibility index (Phi) is 3.37. The maximum absolute atomic E-state index is 12.6.